The molecule has 0 saturated carbocycles. The van der Waals surface area contributed by atoms with Crippen LogP contribution in [0.2, 0.25) is 0 Å². The Balaban J connectivity index is 1.69. The summed E-state index contributed by atoms with van der Waals surface area (Å²) in [7, 11) is 0. The molecule has 1 N–H and O–H groups in total. The normalized spacial score (nSPS) is 18.8. The number of carbonyl (C=O) groups excluding carboxylic acids is 1. The van der Waals surface area contributed by atoms with E-state index in [4.69, 9.17) is 5.11 Å². The van der Waals surface area contributed by atoms with Gasteiger partial charge in [0.1, 0.15) is 0 Å². The molecule has 0 bridgehead atoms. The fourth-order valence-electron chi connectivity index (χ4n) is 2.31. The Morgan fingerprint density at radius 1 is 1.42 bits per heavy atom. The Labute approximate surface area is 112 Å². The zero-order valence-electron chi connectivity index (χ0n) is 10.8. The van der Waals surface area contributed by atoms with E-state index in [0.29, 0.717) is 13.1 Å². The van der Waals surface area contributed by atoms with Crippen LogP contribution in [0.15, 0.2) is 24.4 Å². The Hall–Kier alpha value is -1.91. The number of carboxylic acids is 1. The Morgan fingerprint density at radius 2 is 2.26 bits per heavy atom. The number of hydrogen-bond donors (Lipinski definition) is 1. The molecule has 1 saturated heterocycles. The van der Waals surface area contributed by atoms with E-state index in [0.717, 1.165) is 25.0 Å². The summed E-state index contributed by atoms with van der Waals surface area (Å²) in [6.45, 7) is 1.01. The smallest absolute Gasteiger partial charge is 0.308 e. The van der Waals surface area contributed by atoms with Crippen LogP contribution < -0.4 is 0 Å². The third-order valence-corrected chi connectivity index (χ3v) is 3.40. The molecule has 1 aromatic rings. The number of nitrogens with zero attached hydrogens (tertiary/aromatic N) is 2. The van der Waals surface area contributed by atoms with Crippen molar-refractivity contribution < 1.29 is 14.7 Å². The van der Waals surface area contributed by atoms with Gasteiger partial charge in [-0.15, -0.1) is 0 Å². The predicted molar refractivity (Wildman–Crippen MR) is 69.5 cm³/mol. The minimum Gasteiger partial charge on any atom is -0.481 e. The largest absolute Gasteiger partial charge is 0.481 e. The second-order valence-corrected chi connectivity index (χ2v) is 4.86. The molecule has 1 amide bonds. The lowest BCUT2D eigenvalue weighted by atomic mass is 10.1. The highest BCUT2D eigenvalue weighted by Gasteiger charge is 2.33. The van der Waals surface area contributed by atoms with Gasteiger partial charge >= 0.3 is 5.97 Å². The molecule has 1 fully saturated rings. The third-order valence-electron chi connectivity index (χ3n) is 3.40. The summed E-state index contributed by atoms with van der Waals surface area (Å²) in [5.41, 5.74) is 1.05. The standard InChI is InChI=1S/C14H18N2O3/c17-13-9-11(14(18)19)10-16(13)8-4-2-6-12-5-1-3-7-15-12/h1,3,5,7,11H,2,4,6,8-10H2,(H,18,19). The van der Waals surface area contributed by atoms with Crippen LogP contribution in [0.1, 0.15) is 25.0 Å². The third kappa shape index (κ3) is 3.77. The van der Waals surface area contributed by atoms with Crippen molar-refractivity contribution in [2.24, 2.45) is 5.92 Å². The maximum Gasteiger partial charge on any atom is 0.308 e. The van der Waals surface area contributed by atoms with Gasteiger partial charge in [0.05, 0.1) is 5.92 Å². The zero-order valence-corrected chi connectivity index (χ0v) is 10.8. The van der Waals surface area contributed by atoms with E-state index in [1.54, 1.807) is 11.1 Å². The highest BCUT2D eigenvalue weighted by molar-refractivity contribution is 5.86. The first-order chi connectivity index (χ1) is 9.16. The van der Waals surface area contributed by atoms with Crippen molar-refractivity contribution in [3.63, 3.8) is 0 Å². The van der Waals surface area contributed by atoms with Gasteiger partial charge in [-0.3, -0.25) is 14.6 Å². The van der Waals surface area contributed by atoms with Gasteiger partial charge in [-0.25, -0.2) is 0 Å². The average molecular weight is 262 g/mol. The number of rotatable bonds is 6. The summed E-state index contributed by atoms with van der Waals surface area (Å²) < 4.78 is 0. The van der Waals surface area contributed by atoms with Gasteiger partial charge in [0.15, 0.2) is 0 Å². The minimum atomic E-state index is -0.871. The van der Waals surface area contributed by atoms with Crippen molar-refractivity contribution in [3.8, 4) is 0 Å². The number of aliphatic carboxylic acids is 1. The summed E-state index contributed by atoms with van der Waals surface area (Å²) in [6, 6.07) is 5.84. The molecule has 19 heavy (non-hydrogen) atoms. The number of carboxylic acid groups (broad SMARTS) is 1. The highest BCUT2D eigenvalue weighted by atomic mass is 16.4. The SMILES string of the molecule is O=C(O)C1CC(=O)N(CCCCc2ccccn2)C1. The molecule has 1 unspecified atom stereocenters. The fourth-order valence-corrected chi connectivity index (χ4v) is 2.31. The number of aryl methyl sites for hydroxylation is 1. The molecule has 1 aliphatic rings. The van der Waals surface area contributed by atoms with Crippen LogP contribution in [0.4, 0.5) is 0 Å². The van der Waals surface area contributed by atoms with E-state index in [-0.39, 0.29) is 12.3 Å². The van der Waals surface area contributed by atoms with E-state index in [1.807, 2.05) is 18.2 Å². The first kappa shape index (κ1) is 13.5. The highest BCUT2D eigenvalue weighted by Crippen LogP contribution is 2.18. The number of hydrogen-bond acceptors (Lipinski definition) is 3. The first-order valence-electron chi connectivity index (χ1n) is 6.57. The van der Waals surface area contributed by atoms with Gasteiger partial charge in [-0.1, -0.05) is 6.07 Å². The number of carbonyl (C=O) groups is 2. The van der Waals surface area contributed by atoms with Crippen LogP contribution in [0, 0.1) is 5.92 Å². The molecule has 2 rings (SSSR count). The van der Waals surface area contributed by atoms with Gasteiger partial charge < -0.3 is 10.0 Å². The van der Waals surface area contributed by atoms with Gasteiger partial charge in [0.25, 0.3) is 0 Å². The van der Waals surface area contributed by atoms with Crippen molar-refractivity contribution in [1.82, 2.24) is 9.88 Å². The number of likely N-dealkylation sites (tertiary alicyclic amines) is 1. The lowest BCUT2D eigenvalue weighted by Gasteiger charge is -2.15. The van der Waals surface area contributed by atoms with E-state index in [2.05, 4.69) is 4.98 Å². The molecule has 0 aliphatic carbocycles. The van der Waals surface area contributed by atoms with Gasteiger partial charge in [0, 0.05) is 31.4 Å². The summed E-state index contributed by atoms with van der Waals surface area (Å²) in [6.07, 6.45) is 4.66. The Kier molecular flexibility index (Phi) is 4.49. The van der Waals surface area contributed by atoms with Crippen LogP contribution in [0.3, 0.4) is 0 Å². The molecule has 1 aromatic heterocycles. The van der Waals surface area contributed by atoms with E-state index < -0.39 is 11.9 Å². The Morgan fingerprint density at radius 3 is 2.89 bits per heavy atom. The topological polar surface area (TPSA) is 70.5 Å². The molecule has 2 heterocycles. The fraction of sp³-hybridized carbons (Fsp3) is 0.500. The molecule has 5 nitrogen and oxygen atoms in total. The Bertz CT molecular complexity index is 447. The lowest BCUT2D eigenvalue weighted by Crippen LogP contribution is -2.27. The van der Waals surface area contributed by atoms with Gasteiger partial charge in [0.2, 0.25) is 5.91 Å². The van der Waals surface area contributed by atoms with Crippen LogP contribution in [0.5, 0.6) is 0 Å². The van der Waals surface area contributed by atoms with E-state index in [1.165, 1.54) is 0 Å². The number of pyridine rings is 1. The maximum absolute atomic E-state index is 11.6. The molecular formula is C14H18N2O3. The second-order valence-electron chi connectivity index (χ2n) is 4.86. The molecule has 0 aromatic carbocycles. The van der Waals surface area contributed by atoms with Gasteiger partial charge in [-0.2, -0.15) is 0 Å². The van der Waals surface area contributed by atoms with Crippen LogP contribution >= 0.6 is 0 Å². The van der Waals surface area contributed by atoms with Crippen molar-refractivity contribution in [1.29, 1.82) is 0 Å². The summed E-state index contributed by atoms with van der Waals surface area (Å²) >= 11 is 0. The maximum atomic E-state index is 11.6. The monoisotopic (exact) mass is 262 g/mol. The van der Waals surface area contributed by atoms with Gasteiger partial charge in [-0.05, 0) is 31.4 Å². The average Bonchev–Trinajstić information content (AvgIpc) is 2.78. The van der Waals surface area contributed by atoms with Crippen LogP contribution in [-0.4, -0.2) is 40.0 Å². The zero-order chi connectivity index (χ0) is 13.7. The minimum absolute atomic E-state index is 0.0368. The summed E-state index contributed by atoms with van der Waals surface area (Å²) in [4.78, 5) is 28.3. The first-order valence-corrected chi connectivity index (χ1v) is 6.57. The molecule has 0 radical (unpaired) electrons. The van der Waals surface area contributed by atoms with Crippen molar-refractivity contribution in [3.05, 3.63) is 30.1 Å². The number of unbranched alkanes of at least 4 members (excludes halogenated alkanes) is 1. The number of amides is 1. The van der Waals surface area contributed by atoms with E-state index in [9.17, 15) is 9.59 Å². The molecule has 0 spiro atoms. The predicted octanol–water partition coefficient (Wildman–Crippen LogP) is 1.34. The number of aromatic nitrogens is 1. The molecule has 102 valence electrons. The summed E-state index contributed by atoms with van der Waals surface area (Å²) in [5, 5.41) is 8.88. The van der Waals surface area contributed by atoms with Crippen molar-refractivity contribution in [2.45, 2.75) is 25.7 Å². The molecular weight excluding hydrogens is 244 g/mol. The summed E-state index contributed by atoms with van der Waals surface area (Å²) in [5.74, 6) is -1.43. The van der Waals surface area contributed by atoms with Crippen molar-refractivity contribution >= 4 is 11.9 Å². The molecule has 5 heteroatoms. The quantitative estimate of drug-likeness (QED) is 0.785. The lowest BCUT2D eigenvalue weighted by molar-refractivity contribution is -0.141. The van der Waals surface area contributed by atoms with E-state index >= 15 is 0 Å². The second kappa shape index (κ2) is 6.31. The molecule has 1 aliphatic heterocycles. The molecule has 1 atom stereocenters. The van der Waals surface area contributed by atoms with Crippen LogP contribution in [0.25, 0.3) is 0 Å². The van der Waals surface area contributed by atoms with Crippen LogP contribution in [-0.2, 0) is 16.0 Å². The van der Waals surface area contributed by atoms with Crippen molar-refractivity contribution in [2.75, 3.05) is 13.1 Å².